The molecule has 1 aromatic heterocycles. The van der Waals surface area contributed by atoms with Crippen LogP contribution in [0.4, 0.5) is 10.3 Å². The molecule has 0 aromatic carbocycles. The number of carboxylic acids is 1. The molecule has 2 atom stereocenters. The average molecular weight is 253 g/mol. The third-order valence-electron chi connectivity index (χ3n) is 3.62. The molecule has 6 heteroatoms. The lowest BCUT2D eigenvalue weighted by molar-refractivity contribution is -0.150. The number of aromatic nitrogens is 2. The first-order valence-electron chi connectivity index (χ1n) is 6.00. The van der Waals surface area contributed by atoms with E-state index in [0.717, 1.165) is 31.7 Å². The summed E-state index contributed by atoms with van der Waals surface area (Å²) in [5, 5.41) is 12.4. The number of aliphatic carboxylic acids is 1. The summed E-state index contributed by atoms with van der Waals surface area (Å²) >= 11 is 0. The van der Waals surface area contributed by atoms with E-state index in [9.17, 15) is 14.3 Å². The van der Waals surface area contributed by atoms with E-state index in [-0.39, 0.29) is 12.0 Å². The molecule has 0 amide bonds. The molecular formula is C12H16FN3O2. The lowest BCUT2D eigenvalue weighted by atomic mass is 9.72. The van der Waals surface area contributed by atoms with Crippen molar-refractivity contribution in [2.24, 2.45) is 5.41 Å². The van der Waals surface area contributed by atoms with Gasteiger partial charge in [0.2, 0.25) is 5.95 Å². The van der Waals surface area contributed by atoms with Crippen LogP contribution in [0.2, 0.25) is 0 Å². The minimum Gasteiger partial charge on any atom is -0.481 e. The number of halogens is 1. The Morgan fingerprint density at radius 3 is 2.78 bits per heavy atom. The SMILES string of the molecule is CC1(C(=O)O)CCCCC1Nc1ncc(F)cn1. The van der Waals surface area contributed by atoms with Crippen molar-refractivity contribution in [3.8, 4) is 0 Å². The first-order chi connectivity index (χ1) is 8.52. The van der Waals surface area contributed by atoms with E-state index in [1.165, 1.54) is 0 Å². The fraction of sp³-hybridized carbons (Fsp3) is 0.583. The van der Waals surface area contributed by atoms with Crippen molar-refractivity contribution in [1.29, 1.82) is 0 Å². The lowest BCUT2D eigenvalue weighted by Gasteiger charge is -2.38. The second-order valence-corrected chi connectivity index (χ2v) is 4.89. The van der Waals surface area contributed by atoms with Crippen molar-refractivity contribution in [3.63, 3.8) is 0 Å². The summed E-state index contributed by atoms with van der Waals surface area (Å²) < 4.78 is 12.7. The van der Waals surface area contributed by atoms with Gasteiger partial charge in [-0.1, -0.05) is 12.8 Å². The average Bonchev–Trinajstić information content (AvgIpc) is 2.35. The van der Waals surface area contributed by atoms with Crippen molar-refractivity contribution in [2.45, 2.75) is 38.6 Å². The zero-order valence-corrected chi connectivity index (χ0v) is 10.2. The minimum absolute atomic E-state index is 0.228. The number of hydrogen-bond donors (Lipinski definition) is 2. The van der Waals surface area contributed by atoms with E-state index < -0.39 is 17.2 Å². The Labute approximate surface area is 104 Å². The van der Waals surface area contributed by atoms with Gasteiger partial charge in [-0.3, -0.25) is 4.79 Å². The van der Waals surface area contributed by atoms with Gasteiger partial charge in [0.05, 0.1) is 17.8 Å². The molecule has 2 N–H and O–H groups in total. The van der Waals surface area contributed by atoms with Crippen LogP contribution in [0.3, 0.4) is 0 Å². The lowest BCUT2D eigenvalue weighted by Crippen LogP contribution is -2.46. The Bertz CT molecular complexity index is 437. The van der Waals surface area contributed by atoms with E-state index in [4.69, 9.17) is 0 Å². The highest BCUT2D eigenvalue weighted by Gasteiger charge is 2.43. The molecule has 1 saturated carbocycles. The van der Waals surface area contributed by atoms with Crippen molar-refractivity contribution >= 4 is 11.9 Å². The van der Waals surface area contributed by atoms with Crippen molar-refractivity contribution in [2.75, 3.05) is 5.32 Å². The van der Waals surface area contributed by atoms with Gasteiger partial charge in [0.1, 0.15) is 0 Å². The number of nitrogens with zero attached hydrogens (tertiary/aromatic N) is 2. The molecule has 1 aliphatic rings. The summed E-state index contributed by atoms with van der Waals surface area (Å²) in [5.74, 6) is -1.05. The van der Waals surface area contributed by atoms with Gasteiger partial charge in [-0.15, -0.1) is 0 Å². The molecule has 2 rings (SSSR count). The van der Waals surface area contributed by atoms with Crippen molar-refractivity contribution in [3.05, 3.63) is 18.2 Å². The summed E-state index contributed by atoms with van der Waals surface area (Å²) in [5.41, 5.74) is -0.823. The van der Waals surface area contributed by atoms with Gasteiger partial charge in [0.25, 0.3) is 0 Å². The fourth-order valence-corrected chi connectivity index (χ4v) is 2.36. The third-order valence-corrected chi connectivity index (χ3v) is 3.62. The number of nitrogens with one attached hydrogen (secondary N) is 1. The summed E-state index contributed by atoms with van der Waals surface area (Å²) in [6.07, 6.45) is 5.39. The monoisotopic (exact) mass is 253 g/mol. The van der Waals surface area contributed by atoms with E-state index >= 15 is 0 Å². The summed E-state index contributed by atoms with van der Waals surface area (Å²) in [6.45, 7) is 1.73. The van der Waals surface area contributed by atoms with E-state index in [2.05, 4.69) is 15.3 Å². The van der Waals surface area contributed by atoms with Crippen LogP contribution in [0.5, 0.6) is 0 Å². The van der Waals surface area contributed by atoms with Crippen LogP contribution < -0.4 is 5.32 Å². The molecule has 2 unspecified atom stereocenters. The van der Waals surface area contributed by atoms with Crippen LogP contribution in [-0.4, -0.2) is 27.1 Å². The normalized spacial score (nSPS) is 27.8. The van der Waals surface area contributed by atoms with Gasteiger partial charge in [0, 0.05) is 6.04 Å². The Morgan fingerprint density at radius 2 is 2.17 bits per heavy atom. The van der Waals surface area contributed by atoms with Crippen LogP contribution in [0.1, 0.15) is 32.6 Å². The molecule has 18 heavy (non-hydrogen) atoms. The predicted molar refractivity (Wildman–Crippen MR) is 63.6 cm³/mol. The largest absolute Gasteiger partial charge is 0.481 e. The fourth-order valence-electron chi connectivity index (χ4n) is 2.36. The highest BCUT2D eigenvalue weighted by atomic mass is 19.1. The molecule has 1 heterocycles. The van der Waals surface area contributed by atoms with Gasteiger partial charge in [-0.05, 0) is 19.8 Å². The van der Waals surface area contributed by atoms with Crippen LogP contribution in [0.15, 0.2) is 12.4 Å². The Balaban J connectivity index is 2.15. The smallest absolute Gasteiger partial charge is 0.311 e. The molecular weight excluding hydrogens is 237 g/mol. The van der Waals surface area contributed by atoms with Crippen molar-refractivity contribution in [1.82, 2.24) is 9.97 Å². The molecule has 0 saturated heterocycles. The Hall–Kier alpha value is -1.72. The van der Waals surface area contributed by atoms with Crippen LogP contribution >= 0.6 is 0 Å². The standard InChI is InChI=1S/C12H16FN3O2/c1-12(10(17)18)5-3-2-4-9(12)16-11-14-6-8(13)7-15-11/h6-7,9H,2-5H2,1H3,(H,17,18)(H,14,15,16). The van der Waals surface area contributed by atoms with Gasteiger partial charge >= 0.3 is 5.97 Å². The number of carbonyl (C=O) groups is 1. The van der Waals surface area contributed by atoms with E-state index in [1.54, 1.807) is 6.92 Å². The number of hydrogen-bond acceptors (Lipinski definition) is 4. The van der Waals surface area contributed by atoms with Gasteiger partial charge in [-0.2, -0.15) is 0 Å². The predicted octanol–water partition coefficient (Wildman–Crippen LogP) is 2.06. The molecule has 0 radical (unpaired) electrons. The molecule has 0 spiro atoms. The molecule has 0 aliphatic heterocycles. The van der Waals surface area contributed by atoms with Gasteiger partial charge in [0.15, 0.2) is 5.82 Å². The second-order valence-electron chi connectivity index (χ2n) is 4.89. The molecule has 98 valence electrons. The number of rotatable bonds is 3. The minimum atomic E-state index is -0.823. The van der Waals surface area contributed by atoms with Crippen LogP contribution in [-0.2, 0) is 4.79 Å². The third kappa shape index (κ3) is 2.42. The van der Waals surface area contributed by atoms with Crippen molar-refractivity contribution < 1.29 is 14.3 Å². The summed E-state index contributed by atoms with van der Waals surface area (Å²) in [4.78, 5) is 19.0. The summed E-state index contributed by atoms with van der Waals surface area (Å²) in [7, 11) is 0. The van der Waals surface area contributed by atoms with Crippen LogP contribution in [0, 0.1) is 11.2 Å². The first kappa shape index (κ1) is 12.7. The molecule has 1 fully saturated rings. The van der Waals surface area contributed by atoms with E-state index in [1.807, 2.05) is 0 Å². The molecule has 1 aromatic rings. The summed E-state index contributed by atoms with van der Waals surface area (Å²) in [6, 6.07) is -0.228. The van der Waals surface area contributed by atoms with Gasteiger partial charge < -0.3 is 10.4 Å². The highest BCUT2D eigenvalue weighted by Crippen LogP contribution is 2.37. The number of anilines is 1. The number of carboxylic acid groups (broad SMARTS) is 1. The molecule has 5 nitrogen and oxygen atoms in total. The molecule has 1 aliphatic carbocycles. The maximum absolute atomic E-state index is 12.7. The maximum Gasteiger partial charge on any atom is 0.311 e. The van der Waals surface area contributed by atoms with Gasteiger partial charge in [-0.25, -0.2) is 14.4 Å². The van der Waals surface area contributed by atoms with E-state index in [0.29, 0.717) is 6.42 Å². The Kier molecular flexibility index (Phi) is 3.45. The second kappa shape index (κ2) is 4.88. The maximum atomic E-state index is 12.7. The quantitative estimate of drug-likeness (QED) is 0.862. The topological polar surface area (TPSA) is 75.1 Å². The first-order valence-corrected chi connectivity index (χ1v) is 6.00. The van der Waals surface area contributed by atoms with Crippen LogP contribution in [0.25, 0.3) is 0 Å². The zero-order valence-electron chi connectivity index (χ0n) is 10.2. The molecule has 0 bridgehead atoms. The Morgan fingerprint density at radius 1 is 1.50 bits per heavy atom. The zero-order chi connectivity index (χ0) is 13.2. The highest BCUT2D eigenvalue weighted by molar-refractivity contribution is 5.76.